The Morgan fingerprint density at radius 1 is 0.277 bits per heavy atom. The summed E-state index contributed by atoms with van der Waals surface area (Å²) in [6, 6.07) is 54.6. The minimum absolute atomic E-state index is 0.0359. The Kier molecular flexibility index (Phi) is 27.8. The van der Waals surface area contributed by atoms with Crippen molar-refractivity contribution in [2.24, 2.45) is 0 Å². The lowest BCUT2D eigenvalue weighted by molar-refractivity contribution is 0.0567. The molecule has 4 aliphatic heterocycles. The van der Waals surface area contributed by atoms with Crippen molar-refractivity contribution in [2.45, 2.75) is 312 Å². The van der Waals surface area contributed by atoms with Crippen LogP contribution in [0, 0.1) is 0 Å². The van der Waals surface area contributed by atoms with Crippen LogP contribution in [0.3, 0.4) is 0 Å². The van der Waals surface area contributed by atoms with Gasteiger partial charge < -0.3 is 37.9 Å². The molecular weight excluding hydrogens is 1390 g/mol. The van der Waals surface area contributed by atoms with E-state index in [0.717, 1.165) is 171 Å². The summed E-state index contributed by atoms with van der Waals surface area (Å²) in [6.07, 6.45) is 15.3. The molecule has 0 saturated heterocycles. The van der Waals surface area contributed by atoms with Gasteiger partial charge in [0.2, 0.25) is 0 Å². The van der Waals surface area contributed by atoms with Gasteiger partial charge in [-0.25, -0.2) is 0 Å². The Morgan fingerprint density at radius 2 is 0.473 bits per heavy atom. The molecule has 1 aliphatic carbocycles. The first-order valence-electron chi connectivity index (χ1n) is 43.5. The fourth-order valence-electron chi connectivity index (χ4n) is 18.5. The van der Waals surface area contributed by atoms with Gasteiger partial charge in [-0.15, -0.1) is 0 Å². The van der Waals surface area contributed by atoms with E-state index in [2.05, 4.69) is 276 Å². The van der Waals surface area contributed by atoms with Gasteiger partial charge in [0.1, 0.15) is 72.9 Å². The van der Waals surface area contributed by atoms with Crippen molar-refractivity contribution in [1.29, 1.82) is 0 Å². The quantitative estimate of drug-likeness (QED) is 0.0376. The number of nitrogens with zero attached hydrogens (tertiary/aromatic N) is 4. The third kappa shape index (κ3) is 18.1. The summed E-state index contributed by atoms with van der Waals surface area (Å²) >= 11 is 0. The number of benzene rings is 8. The smallest absolute Gasteiger partial charge is 0.142 e. The SMILES string of the molecule is CCCCC[C@@H]1c2cc(c(OC(C)C)c3c2OCN([C@H](C)c2ccccc2)C3)[C@H](CCCCC)c2cc(c(OC(C)C)c3c2OCN([C@H](C)c2ccccc2)C3)[C@H](CCCCC)c2cc(c(OC(C)C)c3c2OCN([C@H](C)c2ccccc2)C3)[C@H](CCCCC)c2cc1c(OC(C)C)c1c2OCN([C@H](C)c2ccccc2)C1. The molecular formula is C100H132N4O8. The molecule has 0 amide bonds. The molecule has 0 radical (unpaired) electrons. The molecule has 8 aromatic carbocycles. The van der Waals surface area contributed by atoms with Gasteiger partial charge in [-0.3, -0.25) is 19.6 Å². The summed E-state index contributed by atoms with van der Waals surface area (Å²) in [5.74, 6) is 6.54. The molecule has 4 heterocycles. The van der Waals surface area contributed by atoms with Crippen LogP contribution in [0.2, 0.25) is 0 Å². The highest BCUT2D eigenvalue weighted by atomic mass is 16.5. The van der Waals surface area contributed by atoms with E-state index < -0.39 is 0 Å². The van der Waals surface area contributed by atoms with Crippen LogP contribution in [0.4, 0.5) is 0 Å². The van der Waals surface area contributed by atoms with E-state index in [1.807, 2.05) is 0 Å². The van der Waals surface area contributed by atoms with Gasteiger partial charge in [-0.1, -0.05) is 226 Å². The fraction of sp³-hybridized carbons (Fsp3) is 0.520. The molecule has 0 saturated carbocycles. The van der Waals surface area contributed by atoms with Crippen molar-refractivity contribution < 1.29 is 37.9 Å². The van der Waals surface area contributed by atoms with Gasteiger partial charge in [0, 0.05) is 119 Å². The van der Waals surface area contributed by atoms with Gasteiger partial charge in [0.05, 0.1) is 46.7 Å². The summed E-state index contributed by atoms with van der Waals surface area (Å²) in [5.41, 5.74) is 18.9. The normalized spacial score (nSPS) is 19.0. The van der Waals surface area contributed by atoms with Crippen LogP contribution in [0.15, 0.2) is 146 Å². The summed E-state index contributed by atoms with van der Waals surface area (Å²) in [5, 5.41) is 0. The molecule has 8 atom stereocenters. The Hall–Kier alpha value is -8.00. The predicted molar refractivity (Wildman–Crippen MR) is 456 cm³/mol. The number of hydrogen-bond donors (Lipinski definition) is 0. The van der Waals surface area contributed by atoms with E-state index in [9.17, 15) is 0 Å². The molecule has 8 aromatic rings. The molecule has 112 heavy (non-hydrogen) atoms. The van der Waals surface area contributed by atoms with Crippen LogP contribution in [0.5, 0.6) is 46.0 Å². The first kappa shape index (κ1) is 82.0. The standard InChI is InChI=1S/C100H132N4O8/c1-17-21-29-49-77-81-53-86(98(110-66(7)8)89-57-101(61-105-93(81)89)69(13)73-41-33-25-34-42-73)79(51-31-23-19-3)83-55-88(100(112-68(11)12)91-59-103(63-107-95(83)91)71(15)75-45-37-27-38-46-75)80(52-32-24-20-4)84-56-87(99(111-67(9)10)92-60-104(64-108-96(84)92)72(16)76-47-39-28-40-48-76)78(50-30-22-18-2)82-54-85(77)97(109-65(5)6)90-58-102(62-106-94(82)90)70(14)74-43-35-26-36-44-74/h25-28,33-48,53-56,65-72,77-80H,17-24,29-32,49-52,57-64H2,1-16H3/t69-,70-,71-,72-,77-,78-,79-,80-/m1/s1. The van der Waals surface area contributed by atoms with Crippen LogP contribution in [0.25, 0.3) is 0 Å². The van der Waals surface area contributed by atoms with E-state index in [1.54, 1.807) is 0 Å². The van der Waals surface area contributed by atoms with Crippen molar-refractivity contribution >= 4 is 0 Å². The highest BCUT2D eigenvalue weighted by Crippen LogP contribution is 2.60. The predicted octanol–water partition coefficient (Wildman–Crippen LogP) is 25.7. The van der Waals surface area contributed by atoms with Crippen LogP contribution in [-0.2, 0) is 26.2 Å². The Morgan fingerprint density at radius 3 is 0.652 bits per heavy atom. The van der Waals surface area contributed by atoms with Crippen molar-refractivity contribution in [1.82, 2.24) is 19.6 Å². The third-order valence-electron chi connectivity index (χ3n) is 24.6. The second kappa shape index (κ2) is 38.0. The second-order valence-electron chi connectivity index (χ2n) is 34.1. The van der Waals surface area contributed by atoms with Crippen LogP contribution in [0.1, 0.15) is 350 Å². The highest BCUT2D eigenvalue weighted by molar-refractivity contribution is 5.70. The second-order valence-corrected chi connectivity index (χ2v) is 34.1. The molecule has 0 spiro atoms. The topological polar surface area (TPSA) is 86.8 Å². The van der Waals surface area contributed by atoms with Crippen LogP contribution >= 0.6 is 0 Å². The average Bonchev–Trinajstić information content (AvgIpc) is 0.723. The summed E-state index contributed by atoms with van der Waals surface area (Å²) in [6.45, 7) is 40.5. The first-order valence-corrected chi connectivity index (χ1v) is 43.5. The molecule has 0 fully saturated rings. The van der Waals surface area contributed by atoms with Crippen molar-refractivity contribution in [3.63, 3.8) is 0 Å². The zero-order chi connectivity index (χ0) is 78.7. The Labute approximate surface area is 673 Å². The summed E-state index contributed by atoms with van der Waals surface area (Å²) < 4.78 is 62.1. The maximum absolute atomic E-state index is 7.78. The van der Waals surface area contributed by atoms with Crippen LogP contribution in [-0.4, -0.2) is 70.9 Å². The van der Waals surface area contributed by atoms with E-state index in [0.29, 0.717) is 53.1 Å². The summed E-state index contributed by atoms with van der Waals surface area (Å²) in [4.78, 5) is 10.1. The molecule has 0 N–H and O–H groups in total. The van der Waals surface area contributed by atoms with E-state index in [-0.39, 0.29) is 72.3 Å². The van der Waals surface area contributed by atoms with Gasteiger partial charge in [0.15, 0.2) is 0 Å². The van der Waals surface area contributed by atoms with Gasteiger partial charge in [0.25, 0.3) is 0 Å². The molecule has 5 aliphatic rings. The first-order chi connectivity index (χ1) is 54.4. The van der Waals surface area contributed by atoms with Gasteiger partial charge in [-0.05, 0) is 155 Å². The number of rotatable bonds is 32. The molecule has 8 bridgehead atoms. The molecule has 0 aromatic heterocycles. The third-order valence-corrected chi connectivity index (χ3v) is 24.6. The maximum atomic E-state index is 7.78. The average molecular weight is 1520 g/mol. The lowest BCUT2D eigenvalue weighted by atomic mass is 9.74. The maximum Gasteiger partial charge on any atom is 0.142 e. The lowest BCUT2D eigenvalue weighted by Gasteiger charge is -2.41. The zero-order valence-corrected chi connectivity index (χ0v) is 70.8. The van der Waals surface area contributed by atoms with Crippen molar-refractivity contribution in [3.05, 3.63) is 235 Å². The van der Waals surface area contributed by atoms with E-state index >= 15 is 0 Å². The zero-order valence-electron chi connectivity index (χ0n) is 70.8. The monoisotopic (exact) mass is 1520 g/mol. The molecule has 0 unspecified atom stereocenters. The fourth-order valence-corrected chi connectivity index (χ4v) is 18.5. The lowest BCUT2D eigenvalue weighted by Crippen LogP contribution is -2.36. The van der Waals surface area contributed by atoms with Crippen molar-refractivity contribution in [3.8, 4) is 46.0 Å². The number of hydrogen-bond acceptors (Lipinski definition) is 12. The largest absolute Gasteiger partial charge is 0.490 e. The minimum Gasteiger partial charge on any atom is -0.490 e. The Bertz CT molecular complexity index is 3820. The number of ether oxygens (including phenoxy) is 8. The minimum atomic E-state index is -0.212. The number of unbranched alkanes of at least 4 members (excludes halogenated alkanes) is 8. The van der Waals surface area contributed by atoms with Gasteiger partial charge >= 0.3 is 0 Å². The molecule has 600 valence electrons. The Balaban J connectivity index is 1.23. The molecule has 12 nitrogen and oxygen atoms in total. The van der Waals surface area contributed by atoms with Crippen molar-refractivity contribution in [2.75, 3.05) is 26.9 Å². The highest BCUT2D eigenvalue weighted by Gasteiger charge is 2.44. The summed E-state index contributed by atoms with van der Waals surface area (Å²) in [7, 11) is 0. The van der Waals surface area contributed by atoms with Crippen LogP contribution < -0.4 is 37.9 Å². The number of fused-ring (bicyclic) bond motifs is 16. The van der Waals surface area contributed by atoms with E-state index in [1.165, 1.54) is 66.8 Å². The van der Waals surface area contributed by atoms with Gasteiger partial charge in [-0.2, -0.15) is 0 Å². The molecule has 13 rings (SSSR count). The molecule has 12 heteroatoms. The van der Waals surface area contributed by atoms with E-state index in [4.69, 9.17) is 37.9 Å².